The van der Waals surface area contributed by atoms with E-state index in [9.17, 15) is 0 Å². The van der Waals surface area contributed by atoms with Crippen LogP contribution in [-0.2, 0) is 6.54 Å². The zero-order chi connectivity index (χ0) is 12.5. The van der Waals surface area contributed by atoms with E-state index in [0.717, 1.165) is 12.5 Å². The van der Waals surface area contributed by atoms with Crippen molar-refractivity contribution in [2.24, 2.45) is 4.99 Å². The second kappa shape index (κ2) is 7.34. The topological polar surface area (TPSA) is 36.4 Å². The lowest BCUT2D eigenvalue weighted by Gasteiger charge is -2.08. The number of terminal acetylenes is 1. The average Bonchev–Trinajstić information content (AvgIpc) is 2.35. The molecule has 3 nitrogen and oxygen atoms in total. The maximum atomic E-state index is 5.20. The fourth-order valence-corrected chi connectivity index (χ4v) is 1.34. The van der Waals surface area contributed by atoms with Crippen LogP contribution in [0.25, 0.3) is 0 Å². The van der Waals surface area contributed by atoms with E-state index < -0.39 is 0 Å². The molecule has 0 saturated heterocycles. The molecule has 0 radical (unpaired) electrons. The zero-order valence-corrected chi connectivity index (χ0v) is 10.5. The largest absolute Gasteiger partial charge is 0.357 e. The normalized spacial score (nSPS) is 10.8. The average molecular weight is 229 g/mol. The minimum absolute atomic E-state index is 0.486. The third-order valence-electron chi connectivity index (χ3n) is 2.24. The summed E-state index contributed by atoms with van der Waals surface area (Å²) >= 11 is 0. The predicted molar refractivity (Wildman–Crippen MR) is 72.8 cm³/mol. The molecule has 0 aliphatic carbocycles. The molecule has 0 unspecified atom stereocenters. The molecule has 1 aromatic rings. The van der Waals surface area contributed by atoms with Crippen LogP contribution in [0.15, 0.2) is 29.3 Å². The van der Waals surface area contributed by atoms with Gasteiger partial charge in [-0.25, -0.2) is 4.99 Å². The van der Waals surface area contributed by atoms with Crippen LogP contribution in [0.2, 0.25) is 0 Å². The van der Waals surface area contributed by atoms with Gasteiger partial charge in [0.1, 0.15) is 0 Å². The monoisotopic (exact) mass is 229 g/mol. The molecule has 0 atom stereocenters. The first-order chi connectivity index (χ1) is 8.26. The Morgan fingerprint density at radius 1 is 1.29 bits per heavy atom. The van der Waals surface area contributed by atoms with Crippen LogP contribution < -0.4 is 10.6 Å². The number of aryl methyl sites for hydroxylation is 1. The van der Waals surface area contributed by atoms with Gasteiger partial charge in [0.2, 0.25) is 0 Å². The molecule has 0 bridgehead atoms. The summed E-state index contributed by atoms with van der Waals surface area (Å²) in [7, 11) is 0. The molecule has 3 heteroatoms. The third kappa shape index (κ3) is 5.07. The fourth-order valence-electron chi connectivity index (χ4n) is 1.34. The third-order valence-corrected chi connectivity index (χ3v) is 2.24. The predicted octanol–water partition coefficient (Wildman–Crippen LogP) is 1.68. The minimum Gasteiger partial charge on any atom is -0.357 e. The molecule has 0 spiro atoms. The van der Waals surface area contributed by atoms with E-state index in [1.807, 2.05) is 6.92 Å². The number of nitrogens with zero attached hydrogens (tertiary/aromatic N) is 1. The molecule has 0 aromatic heterocycles. The van der Waals surface area contributed by atoms with Crippen LogP contribution in [0.1, 0.15) is 18.1 Å². The van der Waals surface area contributed by atoms with Crippen LogP contribution in [0.3, 0.4) is 0 Å². The van der Waals surface area contributed by atoms with Crippen molar-refractivity contribution in [3.05, 3.63) is 35.4 Å². The van der Waals surface area contributed by atoms with Gasteiger partial charge in [0, 0.05) is 6.54 Å². The minimum atomic E-state index is 0.486. The zero-order valence-electron chi connectivity index (χ0n) is 10.5. The SMILES string of the molecule is C#CCNC(=NCc1ccc(C)cc1)NCC. The van der Waals surface area contributed by atoms with Gasteiger partial charge in [0.05, 0.1) is 13.1 Å². The molecule has 0 saturated carbocycles. The van der Waals surface area contributed by atoms with Crippen molar-refractivity contribution < 1.29 is 0 Å². The highest BCUT2D eigenvalue weighted by molar-refractivity contribution is 5.79. The Bertz CT molecular complexity index is 398. The molecule has 0 amide bonds. The van der Waals surface area contributed by atoms with E-state index >= 15 is 0 Å². The van der Waals surface area contributed by atoms with Crippen molar-refractivity contribution in [2.45, 2.75) is 20.4 Å². The van der Waals surface area contributed by atoms with Gasteiger partial charge < -0.3 is 10.6 Å². The molecule has 90 valence electrons. The molecular weight excluding hydrogens is 210 g/mol. The van der Waals surface area contributed by atoms with E-state index in [-0.39, 0.29) is 0 Å². The Morgan fingerprint density at radius 2 is 2.00 bits per heavy atom. The van der Waals surface area contributed by atoms with Gasteiger partial charge in [-0.1, -0.05) is 35.7 Å². The molecule has 1 rings (SSSR count). The van der Waals surface area contributed by atoms with Crippen LogP contribution in [0, 0.1) is 19.3 Å². The summed E-state index contributed by atoms with van der Waals surface area (Å²) in [6.07, 6.45) is 5.20. The first kappa shape index (κ1) is 13.1. The molecule has 2 N–H and O–H groups in total. The van der Waals surface area contributed by atoms with E-state index in [4.69, 9.17) is 6.42 Å². The summed E-state index contributed by atoms with van der Waals surface area (Å²) in [5.41, 5.74) is 2.45. The Kier molecular flexibility index (Phi) is 5.67. The summed E-state index contributed by atoms with van der Waals surface area (Å²) in [5, 5.41) is 6.20. The summed E-state index contributed by atoms with van der Waals surface area (Å²) in [4.78, 5) is 4.45. The molecule has 17 heavy (non-hydrogen) atoms. The fraction of sp³-hybridized carbons (Fsp3) is 0.357. The number of benzene rings is 1. The Hall–Kier alpha value is -1.95. The standard InChI is InChI=1S/C14H19N3/c1-4-10-16-14(15-5-2)17-11-13-8-6-12(3)7-9-13/h1,6-9H,5,10-11H2,2-3H3,(H2,15,16,17). The van der Waals surface area contributed by atoms with E-state index in [1.54, 1.807) is 0 Å². The quantitative estimate of drug-likeness (QED) is 0.468. The first-order valence-electron chi connectivity index (χ1n) is 5.77. The maximum absolute atomic E-state index is 5.20. The summed E-state index contributed by atoms with van der Waals surface area (Å²) in [5.74, 6) is 3.29. The van der Waals surface area contributed by atoms with Gasteiger partial charge in [0.25, 0.3) is 0 Å². The highest BCUT2D eigenvalue weighted by Gasteiger charge is 1.95. The molecule has 0 aliphatic heterocycles. The van der Waals surface area contributed by atoms with Crippen molar-refractivity contribution in [3.63, 3.8) is 0 Å². The lowest BCUT2D eigenvalue weighted by Crippen LogP contribution is -2.37. The number of hydrogen-bond acceptors (Lipinski definition) is 1. The van der Waals surface area contributed by atoms with Gasteiger partial charge in [-0.3, -0.25) is 0 Å². The van der Waals surface area contributed by atoms with Crippen molar-refractivity contribution in [2.75, 3.05) is 13.1 Å². The molecule has 0 aliphatic rings. The van der Waals surface area contributed by atoms with Crippen molar-refractivity contribution in [3.8, 4) is 12.3 Å². The van der Waals surface area contributed by atoms with Crippen LogP contribution >= 0.6 is 0 Å². The number of nitrogens with one attached hydrogen (secondary N) is 2. The Balaban J connectivity index is 2.58. The molecular formula is C14H19N3. The van der Waals surface area contributed by atoms with Gasteiger partial charge in [0.15, 0.2) is 5.96 Å². The molecule has 0 heterocycles. The number of hydrogen-bond donors (Lipinski definition) is 2. The van der Waals surface area contributed by atoms with Gasteiger partial charge in [-0.05, 0) is 19.4 Å². The van der Waals surface area contributed by atoms with Crippen LogP contribution in [0.4, 0.5) is 0 Å². The first-order valence-corrected chi connectivity index (χ1v) is 5.77. The van der Waals surface area contributed by atoms with Crippen molar-refractivity contribution in [1.29, 1.82) is 0 Å². The second-order valence-electron chi connectivity index (χ2n) is 3.74. The summed E-state index contributed by atoms with van der Waals surface area (Å²) < 4.78 is 0. The van der Waals surface area contributed by atoms with Crippen LogP contribution in [0.5, 0.6) is 0 Å². The van der Waals surface area contributed by atoms with Crippen molar-refractivity contribution in [1.82, 2.24) is 10.6 Å². The van der Waals surface area contributed by atoms with Gasteiger partial charge >= 0.3 is 0 Å². The maximum Gasteiger partial charge on any atom is 0.192 e. The van der Waals surface area contributed by atoms with Crippen molar-refractivity contribution >= 4 is 5.96 Å². The highest BCUT2D eigenvalue weighted by atomic mass is 15.2. The van der Waals surface area contributed by atoms with Gasteiger partial charge in [-0.15, -0.1) is 6.42 Å². The summed E-state index contributed by atoms with van der Waals surface area (Å²) in [6, 6.07) is 8.35. The Morgan fingerprint density at radius 3 is 2.59 bits per heavy atom. The molecule has 0 fully saturated rings. The highest BCUT2D eigenvalue weighted by Crippen LogP contribution is 2.04. The molecule has 1 aromatic carbocycles. The second-order valence-corrected chi connectivity index (χ2v) is 3.74. The van der Waals surface area contributed by atoms with E-state index in [0.29, 0.717) is 13.1 Å². The number of rotatable bonds is 4. The smallest absolute Gasteiger partial charge is 0.192 e. The number of guanidine groups is 1. The number of aliphatic imine (C=N–C) groups is 1. The Labute approximate surface area is 103 Å². The lowest BCUT2D eigenvalue weighted by atomic mass is 10.1. The van der Waals surface area contributed by atoms with Crippen LogP contribution in [-0.4, -0.2) is 19.0 Å². The van der Waals surface area contributed by atoms with Gasteiger partial charge in [-0.2, -0.15) is 0 Å². The van der Waals surface area contributed by atoms with E-state index in [2.05, 4.69) is 52.7 Å². The van der Waals surface area contributed by atoms with E-state index in [1.165, 1.54) is 11.1 Å². The lowest BCUT2D eigenvalue weighted by molar-refractivity contribution is 0.865. The summed E-state index contributed by atoms with van der Waals surface area (Å²) in [6.45, 7) is 6.06.